The van der Waals surface area contributed by atoms with Gasteiger partial charge in [0.15, 0.2) is 0 Å². The number of hydrogen-bond donors (Lipinski definition) is 0. The number of nitro groups is 1. The van der Waals surface area contributed by atoms with Crippen LogP contribution in [-0.2, 0) is 0 Å². The van der Waals surface area contributed by atoms with Crippen LogP contribution in [0.25, 0.3) is 22.4 Å². The van der Waals surface area contributed by atoms with Crippen LogP contribution in [0.2, 0.25) is 0 Å². The lowest BCUT2D eigenvalue weighted by Crippen LogP contribution is -1.93. The number of hydrogen-bond acceptors (Lipinski definition) is 4. The number of allylic oxidation sites excluding steroid dienone is 1. The first-order chi connectivity index (χ1) is 11.6. The SMILES string of the molecule is Cc1cc(/C(C#N)=C/c2cncc3ccccc23)ccc1[N+](=O)[O-].Cl. The quantitative estimate of drug-likeness (QED) is 0.380. The monoisotopic (exact) mass is 351 g/mol. The highest BCUT2D eigenvalue weighted by atomic mass is 35.5. The highest BCUT2D eigenvalue weighted by Gasteiger charge is 2.12. The molecule has 0 fully saturated rings. The van der Waals surface area contributed by atoms with Crippen molar-refractivity contribution in [2.45, 2.75) is 6.92 Å². The van der Waals surface area contributed by atoms with E-state index in [1.807, 2.05) is 24.3 Å². The number of rotatable bonds is 3. The van der Waals surface area contributed by atoms with Crippen molar-refractivity contribution in [2.75, 3.05) is 0 Å². The molecule has 2 aromatic carbocycles. The van der Waals surface area contributed by atoms with E-state index < -0.39 is 4.92 Å². The molecule has 1 aromatic heterocycles. The van der Waals surface area contributed by atoms with Gasteiger partial charge in [-0.05, 0) is 36.1 Å². The van der Waals surface area contributed by atoms with E-state index in [0.717, 1.165) is 16.3 Å². The average Bonchev–Trinajstić information content (AvgIpc) is 2.59. The minimum atomic E-state index is -0.427. The van der Waals surface area contributed by atoms with Crippen LogP contribution >= 0.6 is 12.4 Å². The van der Waals surface area contributed by atoms with Crippen molar-refractivity contribution in [3.8, 4) is 6.07 Å². The predicted octanol–water partition coefficient (Wildman–Crippen LogP) is 4.94. The molecule has 3 rings (SSSR count). The second-order valence-corrected chi connectivity index (χ2v) is 5.38. The number of nitrogens with zero attached hydrogens (tertiary/aromatic N) is 3. The van der Waals surface area contributed by atoms with Crippen LogP contribution in [-0.4, -0.2) is 9.91 Å². The summed E-state index contributed by atoms with van der Waals surface area (Å²) in [6.45, 7) is 1.66. The molecule has 0 N–H and O–H groups in total. The number of nitriles is 1. The molecular weight excluding hydrogens is 338 g/mol. The maximum absolute atomic E-state index is 10.9. The van der Waals surface area contributed by atoms with E-state index in [0.29, 0.717) is 16.7 Å². The van der Waals surface area contributed by atoms with Gasteiger partial charge in [0.1, 0.15) is 0 Å². The van der Waals surface area contributed by atoms with E-state index in [1.165, 1.54) is 6.07 Å². The summed E-state index contributed by atoms with van der Waals surface area (Å²) in [4.78, 5) is 14.7. The molecule has 0 aliphatic heterocycles. The molecule has 124 valence electrons. The Morgan fingerprint density at radius 3 is 2.68 bits per heavy atom. The van der Waals surface area contributed by atoms with Crippen molar-refractivity contribution in [2.24, 2.45) is 0 Å². The lowest BCUT2D eigenvalue weighted by molar-refractivity contribution is -0.385. The van der Waals surface area contributed by atoms with Gasteiger partial charge in [0.2, 0.25) is 0 Å². The number of pyridine rings is 1. The van der Waals surface area contributed by atoms with Crippen molar-refractivity contribution in [1.82, 2.24) is 4.98 Å². The summed E-state index contributed by atoms with van der Waals surface area (Å²) in [5.74, 6) is 0. The molecule has 0 atom stereocenters. The minimum Gasteiger partial charge on any atom is -0.263 e. The Balaban J connectivity index is 0.00000225. The number of halogens is 1. The summed E-state index contributed by atoms with van der Waals surface area (Å²) in [5, 5.41) is 22.4. The fourth-order valence-electron chi connectivity index (χ4n) is 2.62. The van der Waals surface area contributed by atoms with E-state index in [-0.39, 0.29) is 18.1 Å². The molecule has 6 heteroatoms. The molecule has 0 amide bonds. The number of benzene rings is 2. The summed E-state index contributed by atoms with van der Waals surface area (Å²) in [5.41, 5.74) is 2.48. The van der Waals surface area contributed by atoms with Gasteiger partial charge in [-0.3, -0.25) is 15.1 Å². The number of nitro benzene ring substituents is 1. The molecule has 0 saturated carbocycles. The molecule has 0 bridgehead atoms. The Kier molecular flexibility index (Phi) is 5.48. The molecule has 0 aliphatic carbocycles. The van der Waals surface area contributed by atoms with E-state index in [9.17, 15) is 15.4 Å². The van der Waals surface area contributed by atoms with Crippen LogP contribution in [0.1, 0.15) is 16.7 Å². The smallest absolute Gasteiger partial charge is 0.263 e. The second-order valence-electron chi connectivity index (χ2n) is 5.38. The lowest BCUT2D eigenvalue weighted by Gasteiger charge is -2.05. The maximum Gasteiger partial charge on any atom is 0.272 e. The van der Waals surface area contributed by atoms with E-state index >= 15 is 0 Å². The first-order valence-electron chi connectivity index (χ1n) is 7.30. The molecule has 0 unspecified atom stereocenters. The molecule has 3 aromatic rings. The normalized spacial score (nSPS) is 10.8. The molecular formula is C19H14ClN3O2. The second kappa shape index (κ2) is 7.56. The average molecular weight is 352 g/mol. The summed E-state index contributed by atoms with van der Waals surface area (Å²) in [6.07, 6.45) is 5.24. The van der Waals surface area contributed by atoms with Gasteiger partial charge in [-0.2, -0.15) is 5.26 Å². The van der Waals surface area contributed by atoms with E-state index in [2.05, 4.69) is 11.1 Å². The minimum absolute atomic E-state index is 0. The summed E-state index contributed by atoms with van der Waals surface area (Å²) >= 11 is 0. The van der Waals surface area contributed by atoms with Crippen LogP contribution in [0.4, 0.5) is 5.69 Å². The third-order valence-corrected chi connectivity index (χ3v) is 3.82. The van der Waals surface area contributed by atoms with Crippen molar-refractivity contribution in [3.63, 3.8) is 0 Å². The van der Waals surface area contributed by atoms with E-state index in [1.54, 1.807) is 37.5 Å². The number of fused-ring (bicyclic) bond motifs is 1. The Bertz CT molecular complexity index is 1020. The van der Waals surface area contributed by atoms with Crippen LogP contribution in [0, 0.1) is 28.4 Å². The molecule has 5 nitrogen and oxygen atoms in total. The van der Waals surface area contributed by atoms with Crippen molar-refractivity contribution >= 4 is 40.5 Å². The summed E-state index contributed by atoms with van der Waals surface area (Å²) in [7, 11) is 0. The van der Waals surface area contributed by atoms with Gasteiger partial charge in [0.25, 0.3) is 5.69 Å². The topological polar surface area (TPSA) is 79.8 Å². The van der Waals surface area contributed by atoms with Gasteiger partial charge >= 0.3 is 0 Å². The highest BCUT2D eigenvalue weighted by Crippen LogP contribution is 2.26. The molecule has 0 saturated heterocycles. The van der Waals surface area contributed by atoms with Gasteiger partial charge < -0.3 is 0 Å². The van der Waals surface area contributed by atoms with Gasteiger partial charge in [-0.1, -0.05) is 24.3 Å². The largest absolute Gasteiger partial charge is 0.272 e. The Hall–Kier alpha value is -3.23. The zero-order chi connectivity index (χ0) is 17.1. The summed E-state index contributed by atoms with van der Waals surface area (Å²) < 4.78 is 0. The van der Waals surface area contributed by atoms with Gasteiger partial charge in [0.05, 0.1) is 16.6 Å². The molecule has 0 radical (unpaired) electrons. The third kappa shape index (κ3) is 3.65. The van der Waals surface area contributed by atoms with Crippen molar-refractivity contribution < 1.29 is 4.92 Å². The summed E-state index contributed by atoms with van der Waals surface area (Å²) in [6, 6.07) is 14.6. The molecule has 25 heavy (non-hydrogen) atoms. The third-order valence-electron chi connectivity index (χ3n) is 3.82. The molecule has 0 aliphatic rings. The van der Waals surface area contributed by atoms with Crippen LogP contribution < -0.4 is 0 Å². The van der Waals surface area contributed by atoms with Crippen LogP contribution in [0.3, 0.4) is 0 Å². The molecule has 0 spiro atoms. The van der Waals surface area contributed by atoms with Gasteiger partial charge in [0, 0.05) is 35.0 Å². The molecule has 1 heterocycles. The standard InChI is InChI=1S/C19H13N3O2.ClH/c1-13-8-14(6-7-19(13)22(23)24)16(10-20)9-17-12-21-11-15-4-2-3-5-18(15)17;/h2-9,11-12H,1H3;1H/b16-9+;. The maximum atomic E-state index is 10.9. The highest BCUT2D eigenvalue weighted by molar-refractivity contribution is 5.97. The van der Waals surface area contributed by atoms with Gasteiger partial charge in [-0.15, -0.1) is 12.4 Å². The predicted molar refractivity (Wildman–Crippen MR) is 100 cm³/mol. The Morgan fingerprint density at radius 1 is 1.24 bits per heavy atom. The zero-order valence-electron chi connectivity index (χ0n) is 13.3. The van der Waals surface area contributed by atoms with Gasteiger partial charge in [-0.25, -0.2) is 0 Å². The fraction of sp³-hybridized carbons (Fsp3) is 0.0526. The van der Waals surface area contributed by atoms with Crippen LogP contribution in [0.15, 0.2) is 54.9 Å². The Labute approximate surface area is 150 Å². The number of aryl methyl sites for hydroxylation is 1. The zero-order valence-corrected chi connectivity index (χ0v) is 14.2. The van der Waals surface area contributed by atoms with Crippen molar-refractivity contribution in [3.05, 3.63) is 81.7 Å². The van der Waals surface area contributed by atoms with Crippen LogP contribution in [0.5, 0.6) is 0 Å². The first-order valence-corrected chi connectivity index (χ1v) is 7.30. The lowest BCUT2D eigenvalue weighted by atomic mass is 9.99. The Morgan fingerprint density at radius 2 is 2.00 bits per heavy atom. The first kappa shape index (κ1) is 18.1. The van der Waals surface area contributed by atoms with E-state index in [4.69, 9.17) is 0 Å². The van der Waals surface area contributed by atoms with Crippen molar-refractivity contribution in [1.29, 1.82) is 5.26 Å². The fourth-order valence-corrected chi connectivity index (χ4v) is 2.62. The number of aromatic nitrogens is 1.